The second-order valence-corrected chi connectivity index (χ2v) is 9.77. The minimum Gasteiger partial charge on any atom is -0.465 e. The molecule has 0 spiro atoms. The molecule has 5 nitrogen and oxygen atoms in total. The molecular weight excluding hydrogens is 444 g/mol. The molecule has 3 aromatic carbocycles. The predicted octanol–water partition coefficient (Wildman–Crippen LogP) is 6.81. The van der Waals surface area contributed by atoms with Crippen LogP contribution in [-0.4, -0.2) is 24.0 Å². The van der Waals surface area contributed by atoms with Crippen LogP contribution in [-0.2, 0) is 10.2 Å². The van der Waals surface area contributed by atoms with Crippen molar-refractivity contribution in [1.29, 1.82) is 0 Å². The maximum Gasteiger partial charge on any atom is 0.337 e. The van der Waals surface area contributed by atoms with Gasteiger partial charge in [0.05, 0.1) is 24.1 Å². The highest BCUT2D eigenvalue weighted by molar-refractivity contribution is 7.12. The van der Waals surface area contributed by atoms with Crippen LogP contribution in [0.15, 0.2) is 78.2 Å². The summed E-state index contributed by atoms with van der Waals surface area (Å²) in [5.41, 5.74) is 5.47. The van der Waals surface area contributed by atoms with Crippen molar-refractivity contribution in [1.82, 2.24) is 4.98 Å². The van der Waals surface area contributed by atoms with Gasteiger partial charge < -0.3 is 10.1 Å². The Bertz CT molecular complexity index is 1340. The van der Waals surface area contributed by atoms with Crippen LogP contribution < -0.4 is 5.32 Å². The molecule has 0 fully saturated rings. The summed E-state index contributed by atoms with van der Waals surface area (Å²) < 4.78 is 4.80. The molecule has 0 saturated heterocycles. The number of rotatable bonds is 5. The molecule has 4 aromatic rings. The molecule has 0 aliphatic heterocycles. The van der Waals surface area contributed by atoms with Gasteiger partial charge in [-0.15, -0.1) is 11.3 Å². The molecule has 1 aromatic heterocycles. The second kappa shape index (κ2) is 9.61. The topological polar surface area (TPSA) is 68.3 Å². The fraction of sp³-hybridized carbons (Fsp3) is 0.179. The molecule has 0 aliphatic rings. The number of benzene rings is 3. The molecular formula is C28H26N2O3S. The minimum atomic E-state index is -0.415. The maximum absolute atomic E-state index is 13.3. The van der Waals surface area contributed by atoms with Crippen LogP contribution in [0.3, 0.4) is 0 Å². The normalized spacial score (nSPS) is 11.2. The first kappa shape index (κ1) is 23.4. The summed E-state index contributed by atoms with van der Waals surface area (Å²) in [5, 5.41) is 5.31. The van der Waals surface area contributed by atoms with E-state index in [2.05, 4.69) is 31.1 Å². The number of carbonyl (C=O) groups excluding carboxylic acids is 2. The Labute approximate surface area is 203 Å². The molecule has 34 heavy (non-hydrogen) atoms. The third-order valence-electron chi connectivity index (χ3n) is 5.47. The van der Waals surface area contributed by atoms with Crippen molar-refractivity contribution < 1.29 is 14.3 Å². The van der Waals surface area contributed by atoms with E-state index in [9.17, 15) is 9.59 Å². The van der Waals surface area contributed by atoms with Gasteiger partial charge in [0.1, 0.15) is 0 Å². The van der Waals surface area contributed by atoms with Gasteiger partial charge in [-0.1, -0.05) is 81.4 Å². The largest absolute Gasteiger partial charge is 0.465 e. The van der Waals surface area contributed by atoms with Crippen molar-refractivity contribution >= 4 is 28.9 Å². The lowest BCUT2D eigenvalue weighted by atomic mass is 9.83. The number of esters is 1. The van der Waals surface area contributed by atoms with Gasteiger partial charge in [0.15, 0.2) is 5.01 Å². The van der Waals surface area contributed by atoms with Gasteiger partial charge >= 0.3 is 5.97 Å². The highest BCUT2D eigenvalue weighted by Crippen LogP contribution is 2.38. The molecule has 0 saturated carbocycles. The number of ether oxygens (including phenoxy) is 1. The van der Waals surface area contributed by atoms with E-state index in [0.717, 1.165) is 27.9 Å². The fourth-order valence-electron chi connectivity index (χ4n) is 3.77. The molecule has 0 radical (unpaired) electrons. The number of thiazole rings is 1. The average molecular weight is 471 g/mol. The number of hydrogen-bond acceptors (Lipinski definition) is 5. The number of aromatic nitrogens is 1. The Hall–Kier alpha value is -3.77. The lowest BCUT2D eigenvalue weighted by Gasteiger charge is -2.25. The van der Waals surface area contributed by atoms with Crippen molar-refractivity contribution in [3.05, 3.63) is 94.3 Å². The number of nitrogens with one attached hydrogen (secondary N) is 1. The molecule has 4 rings (SSSR count). The lowest BCUT2D eigenvalue weighted by Crippen LogP contribution is -2.19. The number of amides is 1. The van der Waals surface area contributed by atoms with Crippen LogP contribution >= 0.6 is 11.3 Å². The van der Waals surface area contributed by atoms with Crippen LogP contribution in [0.2, 0.25) is 0 Å². The van der Waals surface area contributed by atoms with Crippen molar-refractivity contribution in [3.63, 3.8) is 0 Å². The van der Waals surface area contributed by atoms with Crippen molar-refractivity contribution in [2.24, 2.45) is 0 Å². The summed E-state index contributed by atoms with van der Waals surface area (Å²) in [7, 11) is 1.35. The first-order chi connectivity index (χ1) is 16.3. The van der Waals surface area contributed by atoms with Crippen molar-refractivity contribution in [3.8, 4) is 22.4 Å². The SMILES string of the molecule is COC(=O)c1cccc(-c2csc(C(=O)Nc3c(-c4ccccc4)cccc3C(C)(C)C)n2)c1. The summed E-state index contributed by atoms with van der Waals surface area (Å²) >= 11 is 1.27. The number of para-hydroxylation sites is 1. The standard InChI is InChI=1S/C28H26N2O3S/c1-28(2,3)22-15-9-14-21(18-10-6-5-7-11-18)24(22)30-25(31)26-29-23(17-34-26)19-12-8-13-20(16-19)27(32)33-4/h5-17H,1-4H3,(H,30,31). The van der Waals surface area contributed by atoms with Crippen LogP contribution in [0.4, 0.5) is 5.69 Å². The van der Waals surface area contributed by atoms with Gasteiger partial charge in [0.25, 0.3) is 5.91 Å². The summed E-state index contributed by atoms with van der Waals surface area (Å²) in [4.78, 5) is 29.7. The molecule has 0 bridgehead atoms. The molecule has 6 heteroatoms. The zero-order valence-corrected chi connectivity index (χ0v) is 20.4. The molecule has 0 aliphatic carbocycles. The molecule has 1 N–H and O–H groups in total. The number of hydrogen-bond donors (Lipinski definition) is 1. The van der Waals surface area contributed by atoms with Crippen LogP contribution in [0, 0.1) is 0 Å². The summed E-state index contributed by atoms with van der Waals surface area (Å²) in [6.07, 6.45) is 0. The molecule has 1 heterocycles. The van der Waals surface area contributed by atoms with Gasteiger partial charge in [0.2, 0.25) is 0 Å². The van der Waals surface area contributed by atoms with E-state index in [-0.39, 0.29) is 11.3 Å². The first-order valence-corrected chi connectivity index (χ1v) is 11.8. The molecule has 0 unspecified atom stereocenters. The minimum absolute atomic E-state index is 0.171. The van der Waals surface area contributed by atoms with Gasteiger partial charge in [0, 0.05) is 16.5 Å². The smallest absolute Gasteiger partial charge is 0.337 e. The van der Waals surface area contributed by atoms with Crippen molar-refractivity contribution in [2.75, 3.05) is 12.4 Å². The quantitative estimate of drug-likeness (QED) is 0.325. The van der Waals surface area contributed by atoms with E-state index in [1.165, 1.54) is 18.4 Å². The van der Waals surface area contributed by atoms with Crippen LogP contribution in [0.1, 0.15) is 46.5 Å². The molecule has 172 valence electrons. The van der Waals surface area contributed by atoms with Crippen LogP contribution in [0.5, 0.6) is 0 Å². The second-order valence-electron chi connectivity index (χ2n) is 8.91. The number of methoxy groups -OCH3 is 1. The monoisotopic (exact) mass is 470 g/mol. The Balaban J connectivity index is 1.68. The maximum atomic E-state index is 13.3. The van der Waals surface area contributed by atoms with E-state index in [1.54, 1.807) is 18.2 Å². The number of carbonyl (C=O) groups is 2. The number of nitrogens with zero attached hydrogens (tertiary/aromatic N) is 1. The molecule has 1 amide bonds. The van der Waals surface area contributed by atoms with E-state index in [4.69, 9.17) is 4.74 Å². The van der Waals surface area contributed by atoms with E-state index >= 15 is 0 Å². The third kappa shape index (κ3) is 4.92. The highest BCUT2D eigenvalue weighted by atomic mass is 32.1. The summed E-state index contributed by atoms with van der Waals surface area (Å²) in [6, 6.07) is 23.1. The summed E-state index contributed by atoms with van der Waals surface area (Å²) in [6.45, 7) is 6.38. The molecule has 0 atom stereocenters. The Morgan fingerprint density at radius 2 is 1.62 bits per heavy atom. The highest BCUT2D eigenvalue weighted by Gasteiger charge is 2.23. The first-order valence-electron chi connectivity index (χ1n) is 10.9. The van der Waals surface area contributed by atoms with Crippen LogP contribution in [0.25, 0.3) is 22.4 Å². The third-order valence-corrected chi connectivity index (χ3v) is 6.31. The van der Waals surface area contributed by atoms with E-state index in [1.807, 2.05) is 60.0 Å². The zero-order chi connectivity index (χ0) is 24.3. The Kier molecular flexibility index (Phi) is 6.61. The van der Waals surface area contributed by atoms with E-state index < -0.39 is 5.97 Å². The number of anilines is 1. The zero-order valence-electron chi connectivity index (χ0n) is 19.6. The lowest BCUT2D eigenvalue weighted by molar-refractivity contribution is 0.0600. The van der Waals surface area contributed by atoms with Gasteiger partial charge in [-0.2, -0.15) is 0 Å². The van der Waals surface area contributed by atoms with E-state index in [0.29, 0.717) is 16.3 Å². The van der Waals surface area contributed by atoms with Gasteiger partial charge in [-0.25, -0.2) is 9.78 Å². The fourth-order valence-corrected chi connectivity index (χ4v) is 4.49. The van der Waals surface area contributed by atoms with Gasteiger partial charge in [-0.3, -0.25) is 4.79 Å². The Morgan fingerprint density at radius 1 is 0.912 bits per heavy atom. The summed E-state index contributed by atoms with van der Waals surface area (Å²) in [5.74, 6) is -0.684. The average Bonchev–Trinajstić information content (AvgIpc) is 3.34. The van der Waals surface area contributed by atoms with Crippen molar-refractivity contribution in [2.45, 2.75) is 26.2 Å². The van der Waals surface area contributed by atoms with Gasteiger partial charge in [-0.05, 0) is 28.7 Å². The Morgan fingerprint density at radius 3 is 2.32 bits per heavy atom. The predicted molar refractivity (Wildman–Crippen MR) is 137 cm³/mol.